The minimum Gasteiger partial charge on any atom is -0.494 e. The molecule has 0 spiro atoms. The SMILES string of the molecule is C#CCOc1ccc(N(C)C(=O)c2ccc(C)c(OCC)c2)cc1. The molecule has 0 radical (unpaired) electrons. The van der Waals surface area contributed by atoms with E-state index >= 15 is 0 Å². The Morgan fingerprint density at radius 2 is 1.88 bits per heavy atom. The van der Waals surface area contributed by atoms with E-state index in [9.17, 15) is 4.79 Å². The van der Waals surface area contributed by atoms with Crippen LogP contribution in [0.25, 0.3) is 0 Å². The second-order valence-electron chi connectivity index (χ2n) is 5.26. The molecule has 0 unspecified atom stereocenters. The topological polar surface area (TPSA) is 38.8 Å². The summed E-state index contributed by atoms with van der Waals surface area (Å²) in [6.45, 7) is 4.66. The number of amides is 1. The molecule has 124 valence electrons. The molecule has 0 aliphatic rings. The fraction of sp³-hybridized carbons (Fsp3) is 0.250. The fourth-order valence-electron chi connectivity index (χ4n) is 2.25. The van der Waals surface area contributed by atoms with Gasteiger partial charge in [0.05, 0.1) is 6.61 Å². The summed E-state index contributed by atoms with van der Waals surface area (Å²) in [5.74, 6) is 3.72. The third kappa shape index (κ3) is 4.08. The second-order valence-corrected chi connectivity index (χ2v) is 5.26. The molecular formula is C20H21NO3. The maximum Gasteiger partial charge on any atom is 0.258 e. The van der Waals surface area contributed by atoms with Gasteiger partial charge in [-0.25, -0.2) is 0 Å². The van der Waals surface area contributed by atoms with Crippen molar-refractivity contribution in [2.24, 2.45) is 0 Å². The molecule has 0 saturated heterocycles. The molecule has 2 aromatic carbocycles. The first kappa shape index (κ1) is 17.4. The van der Waals surface area contributed by atoms with Crippen molar-refractivity contribution in [3.63, 3.8) is 0 Å². The van der Waals surface area contributed by atoms with Crippen LogP contribution in [0.4, 0.5) is 5.69 Å². The second kappa shape index (κ2) is 8.07. The Morgan fingerprint density at radius 1 is 1.17 bits per heavy atom. The van der Waals surface area contributed by atoms with Crippen LogP contribution in [0.5, 0.6) is 11.5 Å². The lowest BCUT2D eigenvalue weighted by Crippen LogP contribution is -2.26. The van der Waals surface area contributed by atoms with Crippen LogP contribution >= 0.6 is 0 Å². The monoisotopic (exact) mass is 323 g/mol. The first-order valence-corrected chi connectivity index (χ1v) is 7.74. The molecule has 0 fully saturated rings. The highest BCUT2D eigenvalue weighted by Crippen LogP contribution is 2.23. The minimum atomic E-state index is -0.103. The maximum absolute atomic E-state index is 12.7. The summed E-state index contributed by atoms with van der Waals surface area (Å²) in [4.78, 5) is 14.3. The number of anilines is 1. The lowest BCUT2D eigenvalue weighted by Gasteiger charge is -2.18. The van der Waals surface area contributed by atoms with E-state index in [1.54, 1.807) is 36.2 Å². The molecule has 0 aliphatic heterocycles. The summed E-state index contributed by atoms with van der Waals surface area (Å²) < 4.78 is 10.9. The zero-order valence-corrected chi connectivity index (χ0v) is 14.2. The van der Waals surface area contributed by atoms with Crippen molar-refractivity contribution in [1.82, 2.24) is 0 Å². The first-order valence-electron chi connectivity index (χ1n) is 7.74. The minimum absolute atomic E-state index is 0.103. The van der Waals surface area contributed by atoms with Gasteiger partial charge in [-0.1, -0.05) is 12.0 Å². The van der Waals surface area contributed by atoms with E-state index in [1.165, 1.54) is 0 Å². The summed E-state index contributed by atoms with van der Waals surface area (Å²) >= 11 is 0. The molecule has 1 amide bonds. The molecule has 0 saturated carbocycles. The van der Waals surface area contributed by atoms with Gasteiger partial charge in [-0.05, 0) is 55.8 Å². The van der Waals surface area contributed by atoms with E-state index < -0.39 is 0 Å². The lowest BCUT2D eigenvalue weighted by atomic mass is 10.1. The van der Waals surface area contributed by atoms with Crippen LogP contribution in [0, 0.1) is 19.3 Å². The smallest absolute Gasteiger partial charge is 0.258 e. The normalized spacial score (nSPS) is 9.92. The molecule has 0 aromatic heterocycles. The number of ether oxygens (including phenoxy) is 2. The summed E-state index contributed by atoms with van der Waals surface area (Å²) in [5, 5.41) is 0. The molecule has 2 aromatic rings. The highest BCUT2D eigenvalue weighted by Gasteiger charge is 2.15. The van der Waals surface area contributed by atoms with Crippen molar-refractivity contribution in [3.05, 3.63) is 53.6 Å². The number of terminal acetylenes is 1. The van der Waals surface area contributed by atoms with Crippen molar-refractivity contribution >= 4 is 11.6 Å². The van der Waals surface area contributed by atoms with Gasteiger partial charge in [0.25, 0.3) is 5.91 Å². The van der Waals surface area contributed by atoms with Crippen LogP contribution in [0.1, 0.15) is 22.8 Å². The van der Waals surface area contributed by atoms with Crippen molar-refractivity contribution in [1.29, 1.82) is 0 Å². The van der Waals surface area contributed by atoms with Gasteiger partial charge in [0, 0.05) is 18.3 Å². The molecular weight excluding hydrogens is 302 g/mol. The van der Waals surface area contributed by atoms with Crippen molar-refractivity contribution < 1.29 is 14.3 Å². The van der Waals surface area contributed by atoms with Crippen molar-refractivity contribution in [2.75, 3.05) is 25.2 Å². The number of nitrogens with zero attached hydrogens (tertiary/aromatic N) is 1. The third-order valence-electron chi connectivity index (χ3n) is 3.59. The van der Waals surface area contributed by atoms with Crippen LogP contribution in [0.3, 0.4) is 0 Å². The quantitative estimate of drug-likeness (QED) is 0.761. The standard InChI is InChI=1S/C20H21NO3/c1-5-13-24-18-11-9-17(10-12-18)21(4)20(22)16-8-7-15(3)19(14-16)23-6-2/h1,7-12,14H,6,13H2,2-4H3. The average Bonchev–Trinajstić information content (AvgIpc) is 2.61. The highest BCUT2D eigenvalue weighted by atomic mass is 16.5. The van der Waals surface area contributed by atoms with Gasteiger partial charge in [0.1, 0.15) is 18.1 Å². The van der Waals surface area contributed by atoms with E-state index in [0.717, 1.165) is 17.0 Å². The van der Waals surface area contributed by atoms with Gasteiger partial charge in [-0.3, -0.25) is 4.79 Å². The van der Waals surface area contributed by atoms with E-state index in [2.05, 4.69) is 5.92 Å². The first-order chi connectivity index (χ1) is 11.6. The number of hydrogen-bond acceptors (Lipinski definition) is 3. The fourth-order valence-corrected chi connectivity index (χ4v) is 2.25. The Kier molecular flexibility index (Phi) is 5.86. The van der Waals surface area contributed by atoms with Gasteiger partial charge in [-0.2, -0.15) is 0 Å². The summed E-state index contributed by atoms with van der Waals surface area (Å²) in [6, 6.07) is 12.7. The molecule has 2 rings (SSSR count). The van der Waals surface area contributed by atoms with E-state index in [-0.39, 0.29) is 12.5 Å². The van der Waals surface area contributed by atoms with Crippen LogP contribution in [0.2, 0.25) is 0 Å². The van der Waals surface area contributed by atoms with E-state index in [1.807, 2.05) is 32.0 Å². The number of aryl methyl sites for hydroxylation is 1. The van der Waals surface area contributed by atoms with Gasteiger partial charge >= 0.3 is 0 Å². The maximum atomic E-state index is 12.7. The molecule has 4 nitrogen and oxygen atoms in total. The van der Waals surface area contributed by atoms with Gasteiger partial charge < -0.3 is 14.4 Å². The lowest BCUT2D eigenvalue weighted by molar-refractivity contribution is 0.0992. The molecule has 0 heterocycles. The Morgan fingerprint density at radius 3 is 2.50 bits per heavy atom. The zero-order chi connectivity index (χ0) is 17.5. The largest absolute Gasteiger partial charge is 0.494 e. The Bertz CT molecular complexity index is 744. The predicted octanol–water partition coefficient (Wildman–Crippen LogP) is 3.68. The number of benzene rings is 2. The molecule has 0 bridgehead atoms. The Hall–Kier alpha value is -2.93. The zero-order valence-electron chi connectivity index (χ0n) is 14.2. The molecule has 0 atom stereocenters. The predicted molar refractivity (Wildman–Crippen MR) is 95.9 cm³/mol. The molecule has 24 heavy (non-hydrogen) atoms. The summed E-state index contributed by atoms with van der Waals surface area (Å²) in [5.41, 5.74) is 2.36. The van der Waals surface area contributed by atoms with Crippen molar-refractivity contribution in [3.8, 4) is 23.8 Å². The molecule has 0 aliphatic carbocycles. The van der Waals surface area contributed by atoms with Gasteiger partial charge in [-0.15, -0.1) is 6.42 Å². The summed E-state index contributed by atoms with van der Waals surface area (Å²) in [6.07, 6.45) is 5.16. The van der Waals surface area contributed by atoms with Crippen LogP contribution in [-0.4, -0.2) is 26.2 Å². The van der Waals surface area contributed by atoms with Crippen LogP contribution in [0.15, 0.2) is 42.5 Å². The third-order valence-corrected chi connectivity index (χ3v) is 3.59. The number of hydrogen-bond donors (Lipinski definition) is 0. The van der Waals surface area contributed by atoms with Crippen LogP contribution in [-0.2, 0) is 0 Å². The Labute approximate surface area is 143 Å². The van der Waals surface area contributed by atoms with Crippen molar-refractivity contribution in [2.45, 2.75) is 13.8 Å². The molecule has 4 heteroatoms. The van der Waals surface area contributed by atoms with Gasteiger partial charge in [0.2, 0.25) is 0 Å². The summed E-state index contributed by atoms with van der Waals surface area (Å²) in [7, 11) is 1.74. The molecule has 0 N–H and O–H groups in total. The van der Waals surface area contributed by atoms with Crippen LogP contribution < -0.4 is 14.4 Å². The van der Waals surface area contributed by atoms with E-state index in [0.29, 0.717) is 17.9 Å². The number of rotatable bonds is 6. The number of carbonyl (C=O) groups excluding carboxylic acids is 1. The average molecular weight is 323 g/mol. The number of carbonyl (C=O) groups is 1. The van der Waals surface area contributed by atoms with Gasteiger partial charge in [0.15, 0.2) is 0 Å². The highest BCUT2D eigenvalue weighted by molar-refractivity contribution is 6.06. The Balaban J connectivity index is 2.17. The van der Waals surface area contributed by atoms with E-state index in [4.69, 9.17) is 15.9 Å².